The molecule has 0 radical (unpaired) electrons. The molecule has 44 heavy (non-hydrogen) atoms. The second-order valence-electron chi connectivity index (χ2n) is 12.3. The summed E-state index contributed by atoms with van der Waals surface area (Å²) in [6.45, 7) is 2.57. The van der Waals surface area contributed by atoms with E-state index in [1.165, 1.54) is 24.3 Å². The molecule has 3 aromatic carbocycles. The highest BCUT2D eigenvalue weighted by Crippen LogP contribution is 2.46. The molecule has 0 aliphatic carbocycles. The molecule has 0 unspecified atom stereocenters. The number of ether oxygens (including phenoxy) is 2. The number of phenolic OH excluding ortho intramolecular Hbond substituents is 1. The van der Waals surface area contributed by atoms with Gasteiger partial charge in [-0.1, -0.05) is 12.0 Å². The quantitative estimate of drug-likeness (QED) is 0.330. The lowest BCUT2D eigenvalue weighted by atomic mass is 9.92. The Morgan fingerprint density at radius 2 is 2.05 bits per heavy atom. The number of terminal acetylenes is 1. The third kappa shape index (κ3) is 4.01. The van der Waals surface area contributed by atoms with Crippen LogP contribution >= 0.6 is 0 Å². The van der Waals surface area contributed by atoms with E-state index in [1.807, 2.05) is 11.9 Å². The molecular formula is C33H30F3N5O3. The number of halogens is 3. The van der Waals surface area contributed by atoms with Crippen LogP contribution in [0.1, 0.15) is 24.8 Å². The first kappa shape index (κ1) is 27.3. The van der Waals surface area contributed by atoms with Crippen LogP contribution < -0.4 is 19.7 Å². The van der Waals surface area contributed by atoms with Crippen molar-refractivity contribution in [3.63, 3.8) is 0 Å². The van der Waals surface area contributed by atoms with Crippen LogP contribution in [0.4, 0.5) is 19.0 Å². The van der Waals surface area contributed by atoms with Crippen LogP contribution in [-0.2, 0) is 0 Å². The molecule has 226 valence electrons. The second-order valence-corrected chi connectivity index (χ2v) is 12.3. The third-order valence-corrected chi connectivity index (χ3v) is 9.79. The fourth-order valence-electron chi connectivity index (χ4n) is 7.71. The van der Waals surface area contributed by atoms with Gasteiger partial charge in [0.25, 0.3) is 0 Å². The van der Waals surface area contributed by atoms with Crippen molar-refractivity contribution in [2.24, 2.45) is 0 Å². The zero-order valence-electron chi connectivity index (χ0n) is 24.0. The zero-order chi connectivity index (χ0) is 30.3. The lowest BCUT2D eigenvalue weighted by molar-refractivity contribution is 0.107. The minimum atomic E-state index is -0.923. The number of anilines is 1. The number of nitrogens with zero attached hydrogens (tertiary/aromatic N) is 4. The first-order chi connectivity index (χ1) is 21.3. The summed E-state index contributed by atoms with van der Waals surface area (Å²) in [5.41, 5.74) is -0.284. The van der Waals surface area contributed by atoms with Crippen LogP contribution in [0, 0.1) is 24.0 Å². The van der Waals surface area contributed by atoms with Crippen LogP contribution in [0.5, 0.6) is 17.5 Å². The van der Waals surface area contributed by atoms with Gasteiger partial charge in [-0.25, -0.2) is 13.2 Å². The first-order valence-electron chi connectivity index (χ1n) is 14.8. The van der Waals surface area contributed by atoms with E-state index < -0.39 is 23.3 Å². The van der Waals surface area contributed by atoms with Gasteiger partial charge in [-0.05, 0) is 54.6 Å². The summed E-state index contributed by atoms with van der Waals surface area (Å²) in [7, 11) is 1.88. The summed E-state index contributed by atoms with van der Waals surface area (Å²) in [5, 5.41) is 15.1. The molecule has 0 spiro atoms. The fourth-order valence-corrected chi connectivity index (χ4v) is 7.71. The highest BCUT2D eigenvalue weighted by Gasteiger charge is 2.49. The number of hydrogen-bond donors (Lipinski definition) is 2. The van der Waals surface area contributed by atoms with Gasteiger partial charge in [0.15, 0.2) is 5.82 Å². The summed E-state index contributed by atoms with van der Waals surface area (Å²) < 4.78 is 58.9. The van der Waals surface area contributed by atoms with Gasteiger partial charge >= 0.3 is 6.01 Å². The van der Waals surface area contributed by atoms with Crippen LogP contribution in [0.15, 0.2) is 30.3 Å². The van der Waals surface area contributed by atoms with Crippen molar-refractivity contribution >= 4 is 27.5 Å². The number of phenols is 1. The third-order valence-electron chi connectivity index (χ3n) is 9.79. The number of hydrogen-bond acceptors (Lipinski definition) is 8. The van der Waals surface area contributed by atoms with Crippen molar-refractivity contribution in [3.8, 4) is 41.0 Å². The Kier molecular flexibility index (Phi) is 6.12. The Morgan fingerprint density at radius 3 is 2.89 bits per heavy atom. The number of aromatic hydroxyl groups is 1. The average Bonchev–Trinajstić information content (AvgIpc) is 3.69. The number of likely N-dealkylation sites (N-methyl/N-ethyl adjacent to an activating group) is 1. The number of aromatic nitrogens is 2. The van der Waals surface area contributed by atoms with E-state index in [0.717, 1.165) is 19.4 Å². The van der Waals surface area contributed by atoms with E-state index in [-0.39, 0.29) is 58.1 Å². The summed E-state index contributed by atoms with van der Waals surface area (Å²) in [6.07, 6.45) is 6.65. The van der Waals surface area contributed by atoms with Crippen molar-refractivity contribution < 1.29 is 27.8 Å². The molecule has 4 aliphatic rings. The summed E-state index contributed by atoms with van der Waals surface area (Å²) >= 11 is 0. The minimum absolute atomic E-state index is 0.0228. The molecule has 1 aromatic heterocycles. The Balaban J connectivity index is 1.34. The standard InChI is InChI=1S/C33H30F3N5O3/c1-3-20-23(35)6-5-17-9-19(42)10-21(27(17)20)22-11-25-28-30(29(22)36)38-32(39-31(28)40(2)24-13-37-14-26(24)44-25)43-16-33-7-4-8-41(33)15-18(34)12-33/h1,5-6,9-11,18,24,26,37,42H,4,7-8,12-16H2,2H3/t18-,24-,26-,33+/m1/s1. The van der Waals surface area contributed by atoms with Crippen LogP contribution in [0.3, 0.4) is 0 Å². The Hall–Kier alpha value is -4.27. The van der Waals surface area contributed by atoms with Crippen LogP contribution in [0.2, 0.25) is 0 Å². The number of rotatable bonds is 4. The van der Waals surface area contributed by atoms with Crippen LogP contribution in [-0.4, -0.2) is 83.7 Å². The first-order valence-corrected chi connectivity index (χ1v) is 14.8. The molecular weight excluding hydrogens is 571 g/mol. The molecule has 5 heterocycles. The normalized spacial score (nSPS) is 26.0. The lowest BCUT2D eigenvalue weighted by Gasteiger charge is -2.31. The lowest BCUT2D eigenvalue weighted by Crippen LogP contribution is -2.44. The van der Waals surface area contributed by atoms with E-state index in [4.69, 9.17) is 20.9 Å². The monoisotopic (exact) mass is 601 g/mol. The van der Waals surface area contributed by atoms with Gasteiger partial charge in [-0.3, -0.25) is 4.90 Å². The maximum Gasteiger partial charge on any atom is 0.319 e. The maximum absolute atomic E-state index is 16.9. The number of alkyl halides is 1. The van der Waals surface area contributed by atoms with E-state index >= 15 is 4.39 Å². The van der Waals surface area contributed by atoms with E-state index in [9.17, 15) is 13.9 Å². The Bertz CT molecular complexity index is 1900. The van der Waals surface area contributed by atoms with Crippen molar-refractivity contribution in [1.82, 2.24) is 20.2 Å². The van der Waals surface area contributed by atoms with Gasteiger partial charge in [-0.15, -0.1) is 6.42 Å². The van der Waals surface area contributed by atoms with Gasteiger partial charge in [-0.2, -0.15) is 9.97 Å². The molecule has 8 rings (SSSR count). The van der Waals surface area contributed by atoms with Crippen LogP contribution in [0.25, 0.3) is 32.8 Å². The molecule has 4 aliphatic heterocycles. The summed E-state index contributed by atoms with van der Waals surface area (Å²) in [4.78, 5) is 13.4. The number of benzene rings is 3. The van der Waals surface area contributed by atoms with Gasteiger partial charge in [0.2, 0.25) is 0 Å². The number of fused-ring (bicyclic) bond motifs is 3. The SMILES string of the molecule is C#Cc1c(F)ccc2cc(O)cc(-c3cc4c5c(nc(OC[C@@]67CCCN6C[C@H](F)C7)nc5c3F)N(C)[C@@H]3CNC[C@H]3O4)c12. The van der Waals surface area contributed by atoms with Gasteiger partial charge < -0.3 is 24.8 Å². The number of nitrogens with one attached hydrogen (secondary N) is 1. The summed E-state index contributed by atoms with van der Waals surface area (Å²) in [5.74, 6) is 1.71. The maximum atomic E-state index is 16.9. The van der Waals surface area contributed by atoms with Gasteiger partial charge in [0.05, 0.1) is 22.5 Å². The molecule has 3 saturated heterocycles. The molecule has 0 bridgehead atoms. The van der Waals surface area contributed by atoms with Crippen molar-refractivity contribution in [2.75, 3.05) is 44.7 Å². The van der Waals surface area contributed by atoms with E-state index in [2.05, 4.69) is 21.1 Å². The molecule has 2 N–H and O–H groups in total. The Morgan fingerprint density at radius 1 is 1.18 bits per heavy atom. The fraction of sp³-hybridized carbons (Fsp3) is 0.394. The minimum Gasteiger partial charge on any atom is -0.508 e. The van der Waals surface area contributed by atoms with E-state index in [0.29, 0.717) is 48.4 Å². The zero-order valence-corrected chi connectivity index (χ0v) is 24.0. The molecule has 11 heteroatoms. The molecule has 3 fully saturated rings. The highest BCUT2D eigenvalue weighted by molar-refractivity contribution is 6.05. The average molecular weight is 602 g/mol. The molecule has 4 aromatic rings. The van der Waals surface area contributed by atoms with Crippen molar-refractivity contribution in [3.05, 3.63) is 47.5 Å². The highest BCUT2D eigenvalue weighted by atomic mass is 19.1. The van der Waals surface area contributed by atoms with Crippen molar-refractivity contribution in [1.29, 1.82) is 0 Å². The predicted octanol–water partition coefficient (Wildman–Crippen LogP) is 4.54. The van der Waals surface area contributed by atoms with E-state index in [1.54, 1.807) is 6.07 Å². The summed E-state index contributed by atoms with van der Waals surface area (Å²) in [6, 6.07) is 6.96. The Labute approximate surface area is 251 Å². The predicted molar refractivity (Wildman–Crippen MR) is 160 cm³/mol. The molecule has 0 amide bonds. The smallest absolute Gasteiger partial charge is 0.319 e. The molecule has 8 nitrogen and oxygen atoms in total. The molecule has 4 atom stereocenters. The molecule has 0 saturated carbocycles. The topological polar surface area (TPSA) is 83.0 Å². The van der Waals surface area contributed by atoms with Gasteiger partial charge in [0.1, 0.15) is 47.5 Å². The second kappa shape index (κ2) is 9.87. The largest absolute Gasteiger partial charge is 0.508 e. The van der Waals surface area contributed by atoms with Gasteiger partial charge in [0, 0.05) is 44.1 Å². The van der Waals surface area contributed by atoms with Crippen molar-refractivity contribution in [2.45, 2.75) is 43.1 Å².